The van der Waals surface area contributed by atoms with Gasteiger partial charge in [-0.15, -0.1) is 6.42 Å². The zero-order chi connectivity index (χ0) is 8.39. The molecular weight excluding hydrogens is 144 g/mol. The third-order valence-corrected chi connectivity index (χ3v) is 1.85. The summed E-state index contributed by atoms with van der Waals surface area (Å²) in [5.41, 5.74) is 0.925. The van der Waals surface area contributed by atoms with Crippen LogP contribution in [0, 0.1) is 18.4 Å². The number of fused-ring (bicyclic) bond motifs is 1. The van der Waals surface area contributed by atoms with E-state index in [9.17, 15) is 0 Å². The van der Waals surface area contributed by atoms with Crippen LogP contribution < -0.4 is 0 Å². The van der Waals surface area contributed by atoms with Crippen molar-refractivity contribution in [2.24, 2.45) is 0 Å². The van der Waals surface area contributed by atoms with Gasteiger partial charge in [0.1, 0.15) is 0 Å². The molecule has 55 valence electrons. The summed E-state index contributed by atoms with van der Waals surface area (Å²) in [6.07, 6.45) is 5.28. The molecule has 0 heteroatoms. The summed E-state index contributed by atoms with van der Waals surface area (Å²) in [4.78, 5) is 0. The Morgan fingerprint density at radius 1 is 1.17 bits per heavy atom. The van der Waals surface area contributed by atoms with Crippen molar-refractivity contribution >= 4 is 10.8 Å². The molecule has 0 nitrogen and oxygen atoms in total. The first-order valence-corrected chi connectivity index (χ1v) is 3.76. The van der Waals surface area contributed by atoms with Gasteiger partial charge in [0.25, 0.3) is 0 Å². The lowest BCUT2D eigenvalue weighted by molar-refractivity contribution is 1.69. The van der Waals surface area contributed by atoms with Gasteiger partial charge in [0, 0.05) is 5.56 Å². The maximum atomic E-state index is 5.28. The van der Waals surface area contributed by atoms with Gasteiger partial charge in [-0.2, -0.15) is 0 Å². The first-order chi connectivity index (χ1) is 5.90. The van der Waals surface area contributed by atoms with Crippen molar-refractivity contribution < 1.29 is 0 Å². The fourth-order valence-corrected chi connectivity index (χ4v) is 1.22. The molecule has 0 heterocycles. The molecule has 0 unspecified atom stereocenters. The van der Waals surface area contributed by atoms with Crippen LogP contribution in [0.15, 0.2) is 36.4 Å². The molecule has 1 radical (unpaired) electrons. The second kappa shape index (κ2) is 2.71. The third-order valence-electron chi connectivity index (χ3n) is 1.85. The molecule has 2 rings (SSSR count). The highest BCUT2D eigenvalue weighted by Crippen LogP contribution is 2.14. The first-order valence-electron chi connectivity index (χ1n) is 3.76. The van der Waals surface area contributed by atoms with Gasteiger partial charge in [0.05, 0.1) is 0 Å². The molecule has 2 aromatic carbocycles. The maximum Gasteiger partial charge on any atom is 0.0248 e. The molecule has 0 spiro atoms. The van der Waals surface area contributed by atoms with E-state index < -0.39 is 0 Å². The highest BCUT2D eigenvalue weighted by atomic mass is 13.9. The van der Waals surface area contributed by atoms with Gasteiger partial charge in [0.2, 0.25) is 0 Å². The second-order valence-corrected chi connectivity index (χ2v) is 2.63. The summed E-state index contributed by atoms with van der Waals surface area (Å²) in [5.74, 6) is 2.61. The Bertz CT molecular complexity index is 447. The van der Waals surface area contributed by atoms with Gasteiger partial charge in [0.15, 0.2) is 0 Å². The van der Waals surface area contributed by atoms with Crippen LogP contribution in [0.25, 0.3) is 10.8 Å². The summed E-state index contributed by atoms with van der Waals surface area (Å²) in [7, 11) is 0. The van der Waals surface area contributed by atoms with Crippen LogP contribution in [-0.4, -0.2) is 0 Å². The molecule has 0 bridgehead atoms. The third kappa shape index (κ3) is 1.06. The minimum atomic E-state index is 0.925. The van der Waals surface area contributed by atoms with Gasteiger partial charge < -0.3 is 0 Å². The van der Waals surface area contributed by atoms with Crippen molar-refractivity contribution in [3.8, 4) is 12.3 Å². The molecule has 0 atom stereocenters. The molecule has 0 aliphatic carbocycles. The SMILES string of the molecule is C#Cc1ccc2c[c]ccc2c1. The Balaban J connectivity index is 2.78. The average molecular weight is 151 g/mol. The molecule has 0 saturated carbocycles. The fourth-order valence-electron chi connectivity index (χ4n) is 1.22. The van der Waals surface area contributed by atoms with Crippen molar-refractivity contribution in [2.45, 2.75) is 0 Å². The summed E-state index contributed by atoms with van der Waals surface area (Å²) < 4.78 is 0. The van der Waals surface area contributed by atoms with E-state index in [1.807, 2.05) is 36.4 Å². The molecule has 0 fully saturated rings. The predicted molar refractivity (Wildman–Crippen MR) is 50.7 cm³/mol. The number of hydrogen-bond donors (Lipinski definition) is 0. The summed E-state index contributed by atoms with van der Waals surface area (Å²) in [5, 5.41) is 2.35. The maximum absolute atomic E-state index is 5.28. The summed E-state index contributed by atoms with van der Waals surface area (Å²) in [6, 6.07) is 14.8. The van der Waals surface area contributed by atoms with Crippen molar-refractivity contribution in [3.05, 3.63) is 48.0 Å². The lowest BCUT2D eigenvalue weighted by Gasteiger charge is -1.96. The Morgan fingerprint density at radius 3 is 2.92 bits per heavy atom. The molecule has 0 aliphatic rings. The van der Waals surface area contributed by atoms with E-state index in [0.29, 0.717) is 0 Å². The zero-order valence-corrected chi connectivity index (χ0v) is 6.54. The average Bonchev–Trinajstić information content (AvgIpc) is 2.17. The zero-order valence-electron chi connectivity index (χ0n) is 6.54. The predicted octanol–water partition coefficient (Wildman–Crippen LogP) is 2.62. The summed E-state index contributed by atoms with van der Waals surface area (Å²) in [6.45, 7) is 0. The van der Waals surface area contributed by atoms with Crippen LogP contribution in [0.2, 0.25) is 0 Å². The highest BCUT2D eigenvalue weighted by molar-refractivity contribution is 5.83. The van der Waals surface area contributed by atoms with E-state index in [2.05, 4.69) is 12.0 Å². The van der Waals surface area contributed by atoms with Crippen molar-refractivity contribution in [2.75, 3.05) is 0 Å². The van der Waals surface area contributed by atoms with Gasteiger partial charge in [-0.1, -0.05) is 24.1 Å². The van der Waals surface area contributed by atoms with Gasteiger partial charge in [-0.25, -0.2) is 0 Å². The van der Waals surface area contributed by atoms with E-state index in [1.165, 1.54) is 10.8 Å². The van der Waals surface area contributed by atoms with E-state index in [4.69, 9.17) is 6.42 Å². The molecular formula is C12H7. The Labute approximate surface area is 71.8 Å². The molecule has 0 aromatic heterocycles. The largest absolute Gasteiger partial charge is 0.115 e. The minimum Gasteiger partial charge on any atom is -0.115 e. The van der Waals surface area contributed by atoms with Gasteiger partial charge in [-0.3, -0.25) is 0 Å². The molecule has 0 saturated heterocycles. The van der Waals surface area contributed by atoms with E-state index >= 15 is 0 Å². The molecule has 0 aliphatic heterocycles. The second-order valence-electron chi connectivity index (χ2n) is 2.63. The van der Waals surface area contributed by atoms with E-state index in [0.717, 1.165) is 5.56 Å². The normalized spacial score (nSPS) is 9.58. The van der Waals surface area contributed by atoms with Crippen molar-refractivity contribution in [1.29, 1.82) is 0 Å². The molecule has 2 aromatic rings. The van der Waals surface area contributed by atoms with Crippen LogP contribution >= 0.6 is 0 Å². The minimum absolute atomic E-state index is 0.925. The number of hydrogen-bond acceptors (Lipinski definition) is 0. The summed E-state index contributed by atoms with van der Waals surface area (Å²) >= 11 is 0. The topological polar surface area (TPSA) is 0 Å². The molecule has 0 amide bonds. The monoisotopic (exact) mass is 151 g/mol. The first kappa shape index (κ1) is 6.94. The van der Waals surface area contributed by atoms with E-state index in [1.54, 1.807) is 0 Å². The number of terminal acetylenes is 1. The van der Waals surface area contributed by atoms with Crippen molar-refractivity contribution in [3.63, 3.8) is 0 Å². The van der Waals surface area contributed by atoms with Crippen molar-refractivity contribution in [1.82, 2.24) is 0 Å². The lowest BCUT2D eigenvalue weighted by atomic mass is 10.1. The molecule has 12 heavy (non-hydrogen) atoms. The highest BCUT2D eigenvalue weighted by Gasteiger charge is 1.91. The van der Waals surface area contributed by atoms with Gasteiger partial charge in [-0.05, 0) is 35.0 Å². The van der Waals surface area contributed by atoms with Crippen LogP contribution in [0.5, 0.6) is 0 Å². The Hall–Kier alpha value is -1.74. The fraction of sp³-hybridized carbons (Fsp3) is 0. The smallest absolute Gasteiger partial charge is 0.0248 e. The van der Waals surface area contributed by atoms with Crippen LogP contribution in [-0.2, 0) is 0 Å². The van der Waals surface area contributed by atoms with Crippen LogP contribution in [0.1, 0.15) is 5.56 Å². The van der Waals surface area contributed by atoms with Gasteiger partial charge >= 0.3 is 0 Å². The lowest BCUT2D eigenvalue weighted by Crippen LogP contribution is -1.75. The Morgan fingerprint density at radius 2 is 2.08 bits per heavy atom. The molecule has 0 N–H and O–H groups in total. The quantitative estimate of drug-likeness (QED) is 0.508. The number of benzene rings is 2. The van der Waals surface area contributed by atoms with Crippen LogP contribution in [0.4, 0.5) is 0 Å². The van der Waals surface area contributed by atoms with E-state index in [-0.39, 0.29) is 0 Å². The van der Waals surface area contributed by atoms with Crippen LogP contribution in [0.3, 0.4) is 0 Å². The Kier molecular flexibility index (Phi) is 1.57. The standard InChI is InChI=1S/C12H7/c1-2-10-7-8-11-5-3-4-6-12(11)9-10/h1,4-9H. The number of rotatable bonds is 0.